The van der Waals surface area contributed by atoms with Crippen LogP contribution in [0.25, 0.3) is 6.08 Å². The highest BCUT2D eigenvalue weighted by molar-refractivity contribution is 9.11. The molecule has 1 N–H and O–H groups in total. The molecule has 1 aromatic carbocycles. The minimum atomic E-state index is -1.07. The summed E-state index contributed by atoms with van der Waals surface area (Å²) in [7, 11) is 0. The van der Waals surface area contributed by atoms with Gasteiger partial charge in [-0.15, -0.1) is 0 Å². The van der Waals surface area contributed by atoms with Crippen molar-refractivity contribution >= 4 is 28.0 Å². The second kappa shape index (κ2) is 4.18. The van der Waals surface area contributed by atoms with Crippen LogP contribution in [0.3, 0.4) is 0 Å². The second-order valence-electron chi connectivity index (χ2n) is 2.33. The number of carboxylic acid groups (broad SMARTS) is 1. The van der Waals surface area contributed by atoms with E-state index in [-0.39, 0.29) is 5.56 Å². The number of hydrogen-bond acceptors (Lipinski definition) is 1. The molecule has 0 aliphatic carbocycles. The molecular formula is C9H6BrFO2. The third-order valence-electron chi connectivity index (χ3n) is 1.49. The molecule has 1 aromatic rings. The lowest BCUT2D eigenvalue weighted by atomic mass is 10.1. The summed E-state index contributed by atoms with van der Waals surface area (Å²) in [6.07, 6.45) is 1.48. The Morgan fingerprint density at radius 1 is 1.54 bits per heavy atom. The quantitative estimate of drug-likeness (QED) is 0.869. The average molecular weight is 245 g/mol. The fourth-order valence-corrected chi connectivity index (χ4v) is 1.22. The first kappa shape index (κ1) is 9.92. The summed E-state index contributed by atoms with van der Waals surface area (Å²) in [5.74, 6) is -1.52. The molecule has 0 heterocycles. The van der Waals surface area contributed by atoms with Crippen LogP contribution in [0, 0.1) is 5.82 Å². The van der Waals surface area contributed by atoms with Gasteiger partial charge in [0.25, 0.3) is 0 Å². The smallest absolute Gasteiger partial charge is 0.336 e. The summed E-state index contributed by atoms with van der Waals surface area (Å²) in [6, 6.07) is 3.52. The topological polar surface area (TPSA) is 37.3 Å². The number of hydrogen-bond donors (Lipinski definition) is 1. The Balaban J connectivity index is 3.26. The van der Waals surface area contributed by atoms with Crippen LogP contribution in [-0.2, 0) is 0 Å². The van der Waals surface area contributed by atoms with Gasteiger partial charge in [-0.2, -0.15) is 0 Å². The molecule has 0 saturated heterocycles. The predicted molar refractivity (Wildman–Crippen MR) is 51.3 cm³/mol. The van der Waals surface area contributed by atoms with E-state index in [1.165, 1.54) is 23.2 Å². The van der Waals surface area contributed by atoms with Crippen molar-refractivity contribution in [2.75, 3.05) is 0 Å². The van der Waals surface area contributed by atoms with Gasteiger partial charge in [0.15, 0.2) is 0 Å². The van der Waals surface area contributed by atoms with Crippen LogP contribution in [-0.4, -0.2) is 11.1 Å². The van der Waals surface area contributed by atoms with Gasteiger partial charge in [-0.25, -0.2) is 9.18 Å². The van der Waals surface area contributed by atoms with Gasteiger partial charge >= 0.3 is 5.97 Å². The maximum atomic E-state index is 12.7. The summed E-state index contributed by atoms with van der Waals surface area (Å²) in [5, 5.41) is 8.71. The first-order valence-electron chi connectivity index (χ1n) is 3.44. The first-order valence-corrected chi connectivity index (χ1v) is 4.36. The second-order valence-corrected chi connectivity index (χ2v) is 2.86. The summed E-state index contributed by atoms with van der Waals surface area (Å²) in [4.78, 5) is 12.1. The van der Waals surface area contributed by atoms with E-state index in [0.717, 1.165) is 6.07 Å². The van der Waals surface area contributed by atoms with Gasteiger partial charge in [0.1, 0.15) is 5.82 Å². The van der Waals surface area contributed by atoms with Gasteiger partial charge in [-0.3, -0.25) is 0 Å². The highest BCUT2D eigenvalue weighted by atomic mass is 79.9. The minimum Gasteiger partial charge on any atom is -0.478 e. The Kier molecular flexibility index (Phi) is 3.19. The normalized spacial score (nSPS) is 10.6. The molecule has 0 saturated carbocycles. The average Bonchev–Trinajstić information content (AvgIpc) is 2.04. The first-order chi connectivity index (χ1) is 6.15. The largest absolute Gasteiger partial charge is 0.478 e. The lowest BCUT2D eigenvalue weighted by Gasteiger charge is -1.99. The number of aromatic carboxylic acids is 1. The molecule has 0 bridgehead atoms. The lowest BCUT2D eigenvalue weighted by molar-refractivity contribution is 0.0696. The molecule has 0 aromatic heterocycles. The molecule has 68 valence electrons. The van der Waals surface area contributed by atoms with Crippen LogP contribution in [0.1, 0.15) is 15.9 Å². The van der Waals surface area contributed by atoms with Crippen LogP contribution < -0.4 is 0 Å². The molecule has 0 aliphatic heterocycles. The Morgan fingerprint density at radius 2 is 2.23 bits per heavy atom. The summed E-state index contributed by atoms with van der Waals surface area (Å²) < 4.78 is 12.7. The number of benzene rings is 1. The maximum absolute atomic E-state index is 12.7. The van der Waals surface area contributed by atoms with Gasteiger partial charge in [0.2, 0.25) is 0 Å². The van der Waals surface area contributed by atoms with Crippen molar-refractivity contribution < 1.29 is 14.3 Å². The molecule has 4 heteroatoms. The number of rotatable bonds is 2. The van der Waals surface area contributed by atoms with E-state index >= 15 is 0 Å². The van der Waals surface area contributed by atoms with E-state index in [9.17, 15) is 9.18 Å². The molecule has 2 nitrogen and oxygen atoms in total. The molecule has 0 atom stereocenters. The number of halogens is 2. The van der Waals surface area contributed by atoms with Crippen molar-refractivity contribution in [3.63, 3.8) is 0 Å². The van der Waals surface area contributed by atoms with Crippen molar-refractivity contribution in [3.05, 3.63) is 40.1 Å². The zero-order valence-corrected chi connectivity index (χ0v) is 8.08. The highest BCUT2D eigenvalue weighted by Gasteiger charge is 2.07. The van der Waals surface area contributed by atoms with E-state index in [1.807, 2.05) is 0 Å². The van der Waals surface area contributed by atoms with Crippen molar-refractivity contribution in [2.45, 2.75) is 0 Å². The molecule has 0 unspecified atom stereocenters. The van der Waals surface area contributed by atoms with Crippen LogP contribution in [0.5, 0.6) is 0 Å². The van der Waals surface area contributed by atoms with Gasteiger partial charge in [-0.05, 0) is 34.8 Å². The SMILES string of the molecule is O=C(O)c1ccc(F)cc1/C=C/Br. The Bertz CT molecular complexity index is 361. The van der Waals surface area contributed by atoms with Crippen LogP contribution in [0.4, 0.5) is 4.39 Å². The lowest BCUT2D eigenvalue weighted by Crippen LogP contribution is -1.99. The van der Waals surface area contributed by atoms with Crippen LogP contribution in [0.2, 0.25) is 0 Å². The fourth-order valence-electron chi connectivity index (χ4n) is 0.934. The third-order valence-corrected chi connectivity index (χ3v) is 1.75. The molecule has 0 aliphatic rings. The van der Waals surface area contributed by atoms with Crippen molar-refractivity contribution in [1.82, 2.24) is 0 Å². The van der Waals surface area contributed by atoms with Crippen molar-refractivity contribution in [3.8, 4) is 0 Å². The van der Waals surface area contributed by atoms with Crippen molar-refractivity contribution in [1.29, 1.82) is 0 Å². The Labute approximate surface area is 82.8 Å². The Morgan fingerprint density at radius 3 is 2.77 bits per heavy atom. The van der Waals surface area contributed by atoms with Crippen molar-refractivity contribution in [2.24, 2.45) is 0 Å². The Hall–Kier alpha value is -1.16. The van der Waals surface area contributed by atoms with Gasteiger partial charge in [0, 0.05) is 0 Å². The van der Waals surface area contributed by atoms with Crippen LogP contribution >= 0.6 is 15.9 Å². The summed E-state index contributed by atoms with van der Waals surface area (Å²) >= 11 is 3.00. The molecule has 1 rings (SSSR count). The molecule has 0 spiro atoms. The predicted octanol–water partition coefficient (Wildman–Crippen LogP) is 2.89. The van der Waals surface area contributed by atoms with E-state index in [4.69, 9.17) is 5.11 Å². The zero-order chi connectivity index (χ0) is 9.84. The molecule has 0 amide bonds. The van der Waals surface area contributed by atoms with Crippen LogP contribution in [0.15, 0.2) is 23.2 Å². The third kappa shape index (κ3) is 2.39. The minimum absolute atomic E-state index is 0.0806. The number of carboxylic acids is 1. The van der Waals surface area contributed by atoms with E-state index in [0.29, 0.717) is 5.56 Å². The van der Waals surface area contributed by atoms with Gasteiger partial charge < -0.3 is 5.11 Å². The van der Waals surface area contributed by atoms with Gasteiger partial charge in [-0.1, -0.05) is 15.9 Å². The maximum Gasteiger partial charge on any atom is 0.336 e. The van der Waals surface area contributed by atoms with E-state index < -0.39 is 11.8 Å². The zero-order valence-electron chi connectivity index (χ0n) is 6.50. The fraction of sp³-hybridized carbons (Fsp3) is 0. The number of carbonyl (C=O) groups is 1. The van der Waals surface area contributed by atoms with E-state index in [1.54, 1.807) is 0 Å². The van der Waals surface area contributed by atoms with E-state index in [2.05, 4.69) is 15.9 Å². The standard InChI is InChI=1S/C9H6BrFO2/c10-4-3-6-5-7(11)1-2-8(6)9(12)13/h1-5H,(H,12,13)/b4-3+. The molecule has 0 radical (unpaired) electrons. The monoisotopic (exact) mass is 244 g/mol. The summed E-state index contributed by atoms with van der Waals surface area (Å²) in [5.41, 5.74) is 0.418. The molecule has 13 heavy (non-hydrogen) atoms. The highest BCUT2D eigenvalue weighted by Crippen LogP contribution is 2.13. The molecular weight excluding hydrogens is 239 g/mol. The molecule has 0 fully saturated rings. The van der Waals surface area contributed by atoms with Gasteiger partial charge in [0.05, 0.1) is 5.56 Å². The summed E-state index contributed by atoms with van der Waals surface area (Å²) in [6.45, 7) is 0.